The number of nitrogens with zero attached hydrogens (tertiary/aromatic N) is 1. The molecular formula is C55H100N4O4. The first kappa shape index (κ1) is 53.5. The van der Waals surface area contributed by atoms with Crippen LogP contribution in [0.4, 0.5) is 4.79 Å². The second-order valence-corrected chi connectivity index (χ2v) is 22.2. The number of allylic oxidation sites excluding steroid dienone is 1. The van der Waals surface area contributed by atoms with Gasteiger partial charge in [0.05, 0.1) is 0 Å². The summed E-state index contributed by atoms with van der Waals surface area (Å²) in [5.74, 6) is 4.67. The maximum atomic E-state index is 13.8. The highest BCUT2D eigenvalue weighted by Crippen LogP contribution is 2.67. The zero-order valence-electron chi connectivity index (χ0n) is 42.0. The number of rotatable bonds is 32. The fraction of sp³-hybridized carbons (Fsp3) is 0.909. The largest absolute Gasteiger partial charge is 0.446 e. The Morgan fingerprint density at radius 1 is 0.730 bits per heavy atom. The first-order valence-corrected chi connectivity index (χ1v) is 27.3. The number of hydrogen-bond acceptors (Lipinski definition) is 5. The molecule has 0 saturated heterocycles. The predicted octanol–water partition coefficient (Wildman–Crippen LogP) is 13.5. The molecule has 63 heavy (non-hydrogen) atoms. The first-order chi connectivity index (χ1) is 30.4. The molecule has 364 valence electrons. The summed E-state index contributed by atoms with van der Waals surface area (Å²) in [7, 11) is 0. The van der Waals surface area contributed by atoms with Crippen LogP contribution in [0.1, 0.15) is 234 Å². The highest BCUT2D eigenvalue weighted by atomic mass is 16.6. The molecule has 4 aliphatic rings. The van der Waals surface area contributed by atoms with Crippen LogP contribution in [0.25, 0.3) is 0 Å². The molecule has 0 aromatic rings. The molecular weight excluding hydrogens is 781 g/mol. The molecule has 8 atom stereocenters. The molecule has 0 bridgehead atoms. The Kier molecular flexibility index (Phi) is 24.5. The van der Waals surface area contributed by atoms with Crippen LogP contribution in [0, 0.1) is 46.3 Å². The number of amides is 3. The fourth-order valence-electron chi connectivity index (χ4n) is 13.2. The van der Waals surface area contributed by atoms with Crippen molar-refractivity contribution in [3.8, 4) is 0 Å². The fourth-order valence-corrected chi connectivity index (χ4v) is 13.2. The number of ether oxygens (including phenoxy) is 1. The van der Waals surface area contributed by atoms with Crippen molar-refractivity contribution >= 4 is 17.9 Å². The number of unbranched alkanes of at least 4 members (excludes halogenated alkanes) is 15. The zero-order chi connectivity index (χ0) is 45.5. The number of nitrogens with two attached hydrogens (primary N) is 1. The van der Waals surface area contributed by atoms with E-state index in [-0.39, 0.29) is 29.9 Å². The smallest absolute Gasteiger partial charge is 0.410 e. The van der Waals surface area contributed by atoms with Crippen LogP contribution in [-0.4, -0.2) is 61.6 Å². The highest BCUT2D eigenvalue weighted by molar-refractivity contribution is 5.82. The minimum absolute atomic E-state index is 0.0507. The van der Waals surface area contributed by atoms with Gasteiger partial charge in [0.15, 0.2) is 0 Å². The summed E-state index contributed by atoms with van der Waals surface area (Å²) in [6.07, 6.45) is 38.4. The zero-order valence-corrected chi connectivity index (χ0v) is 42.0. The molecule has 8 nitrogen and oxygen atoms in total. The third-order valence-corrected chi connectivity index (χ3v) is 17.0. The Morgan fingerprint density at radius 2 is 1.35 bits per heavy atom. The van der Waals surface area contributed by atoms with Crippen LogP contribution in [0.5, 0.6) is 0 Å². The molecule has 0 aromatic heterocycles. The Hall–Kier alpha value is -2.09. The van der Waals surface area contributed by atoms with Crippen LogP contribution in [0.15, 0.2) is 11.6 Å². The average molecular weight is 881 g/mol. The van der Waals surface area contributed by atoms with Crippen LogP contribution >= 0.6 is 0 Å². The van der Waals surface area contributed by atoms with E-state index in [2.05, 4.69) is 58.3 Å². The molecule has 0 heterocycles. The van der Waals surface area contributed by atoms with E-state index in [1.807, 2.05) is 0 Å². The van der Waals surface area contributed by atoms with E-state index in [9.17, 15) is 14.4 Å². The van der Waals surface area contributed by atoms with Crippen LogP contribution in [0.2, 0.25) is 0 Å². The van der Waals surface area contributed by atoms with Crippen molar-refractivity contribution in [1.82, 2.24) is 15.5 Å². The first-order valence-electron chi connectivity index (χ1n) is 27.3. The van der Waals surface area contributed by atoms with Crippen molar-refractivity contribution in [3.63, 3.8) is 0 Å². The van der Waals surface area contributed by atoms with Gasteiger partial charge in [-0.1, -0.05) is 169 Å². The highest BCUT2D eigenvalue weighted by Gasteiger charge is 2.59. The predicted molar refractivity (Wildman–Crippen MR) is 263 cm³/mol. The molecule has 3 amide bonds. The summed E-state index contributed by atoms with van der Waals surface area (Å²) in [6, 6.07) is 0. The molecule has 4 aliphatic carbocycles. The standard InChI is InChI=1S/C55H100N4O4/c1-7-8-9-10-11-12-13-14-15-16-17-18-19-20-21-22-28-51(60)57-39-25-40-59(42-52(61)58-38-24-37-56)53(62)63-46-33-35-54(5)45(41-46)29-30-47-49-32-31-48(44(4)27-23-26-43(2)3)55(49,6)36-34-50(47)54/h29,43-44,46-50H,7-28,30-42,56H2,1-6H3,(H,57,60)(H,58,61)/t44-,46+,47+,48-,49+,50+,54+,55-/m1/s1. The van der Waals surface area contributed by atoms with E-state index < -0.39 is 6.09 Å². The lowest BCUT2D eigenvalue weighted by molar-refractivity contribution is -0.123. The normalized spacial score (nSPS) is 26.9. The molecule has 4 N–H and O–H groups in total. The summed E-state index contributed by atoms with van der Waals surface area (Å²) in [5, 5.41) is 5.97. The van der Waals surface area contributed by atoms with Gasteiger partial charge in [-0.05, 0) is 117 Å². The second kappa shape index (κ2) is 28.8. The van der Waals surface area contributed by atoms with Crippen molar-refractivity contribution in [2.45, 2.75) is 240 Å². The topological polar surface area (TPSA) is 114 Å². The quantitative estimate of drug-likeness (QED) is 0.0460. The van der Waals surface area contributed by atoms with Crippen LogP contribution < -0.4 is 16.4 Å². The van der Waals surface area contributed by atoms with Crippen LogP contribution in [0.3, 0.4) is 0 Å². The van der Waals surface area contributed by atoms with Crippen LogP contribution in [-0.2, 0) is 14.3 Å². The summed E-state index contributed by atoms with van der Waals surface area (Å²) < 4.78 is 6.26. The van der Waals surface area contributed by atoms with Gasteiger partial charge in [-0.2, -0.15) is 0 Å². The Bertz CT molecular complexity index is 1350. The van der Waals surface area contributed by atoms with Gasteiger partial charge < -0.3 is 21.1 Å². The lowest BCUT2D eigenvalue weighted by Crippen LogP contribution is -2.51. The number of fused-ring (bicyclic) bond motifs is 5. The van der Waals surface area contributed by atoms with E-state index in [0.29, 0.717) is 50.9 Å². The van der Waals surface area contributed by atoms with Gasteiger partial charge in [0.1, 0.15) is 12.6 Å². The molecule has 3 saturated carbocycles. The Balaban J connectivity index is 1.16. The van der Waals surface area contributed by atoms with E-state index in [0.717, 1.165) is 67.6 Å². The number of carbonyl (C=O) groups is 3. The van der Waals surface area contributed by atoms with Gasteiger partial charge in [-0.25, -0.2) is 4.79 Å². The van der Waals surface area contributed by atoms with Crippen molar-refractivity contribution in [2.24, 2.45) is 52.1 Å². The minimum atomic E-state index is -0.417. The monoisotopic (exact) mass is 881 g/mol. The van der Waals surface area contributed by atoms with E-state index >= 15 is 0 Å². The summed E-state index contributed by atoms with van der Waals surface area (Å²) >= 11 is 0. The van der Waals surface area contributed by atoms with E-state index in [4.69, 9.17) is 10.5 Å². The molecule has 0 radical (unpaired) electrons. The van der Waals surface area contributed by atoms with Crippen molar-refractivity contribution in [1.29, 1.82) is 0 Å². The lowest BCUT2D eigenvalue weighted by atomic mass is 9.47. The maximum Gasteiger partial charge on any atom is 0.410 e. The van der Waals surface area contributed by atoms with Gasteiger partial charge in [-0.15, -0.1) is 0 Å². The SMILES string of the molecule is CCCCCCCCCCCCCCCCCCC(=O)NCCCN(CC(=O)NCCCN)C(=O)O[C@H]1CC[C@@]2(C)C(=CC[C@H]3[C@@H]4CC[C@H]([C@H](C)CCCC(C)C)[C@@]4(C)CC[C@@H]32)C1. The number of carbonyl (C=O) groups excluding carboxylic acids is 3. The molecule has 0 unspecified atom stereocenters. The van der Waals surface area contributed by atoms with E-state index in [1.54, 1.807) is 4.90 Å². The van der Waals surface area contributed by atoms with Gasteiger partial charge in [0.25, 0.3) is 0 Å². The number of nitrogens with one attached hydrogen (secondary N) is 2. The molecule has 0 aromatic carbocycles. The van der Waals surface area contributed by atoms with E-state index in [1.165, 1.54) is 147 Å². The van der Waals surface area contributed by atoms with Gasteiger partial charge >= 0.3 is 6.09 Å². The van der Waals surface area contributed by atoms with Gasteiger partial charge in [-0.3, -0.25) is 14.5 Å². The molecule has 0 aliphatic heterocycles. The van der Waals surface area contributed by atoms with Crippen molar-refractivity contribution < 1.29 is 19.1 Å². The van der Waals surface area contributed by atoms with Gasteiger partial charge in [0, 0.05) is 32.5 Å². The molecule has 4 rings (SSSR count). The molecule has 8 heteroatoms. The molecule has 3 fully saturated rings. The lowest BCUT2D eigenvalue weighted by Gasteiger charge is -2.58. The maximum absolute atomic E-state index is 13.8. The third kappa shape index (κ3) is 17.3. The average Bonchev–Trinajstić information content (AvgIpc) is 3.62. The number of hydrogen-bond donors (Lipinski definition) is 3. The summed E-state index contributed by atoms with van der Waals surface area (Å²) in [5.41, 5.74) is 7.81. The Labute approximate surface area is 388 Å². The third-order valence-electron chi connectivity index (χ3n) is 17.0. The van der Waals surface area contributed by atoms with Crippen molar-refractivity contribution in [3.05, 3.63) is 11.6 Å². The minimum Gasteiger partial charge on any atom is -0.446 e. The molecule has 0 spiro atoms. The van der Waals surface area contributed by atoms with Crippen molar-refractivity contribution in [2.75, 3.05) is 32.7 Å². The van der Waals surface area contributed by atoms with Gasteiger partial charge in [0.2, 0.25) is 11.8 Å². The summed E-state index contributed by atoms with van der Waals surface area (Å²) in [6.45, 7) is 16.5. The second-order valence-electron chi connectivity index (χ2n) is 22.2. The summed E-state index contributed by atoms with van der Waals surface area (Å²) in [4.78, 5) is 40.9. The Morgan fingerprint density at radius 3 is 1.98 bits per heavy atom.